The van der Waals surface area contributed by atoms with E-state index in [1.165, 1.54) is 32.4 Å². The van der Waals surface area contributed by atoms with Crippen LogP contribution in [-0.2, 0) is 20.9 Å². The van der Waals surface area contributed by atoms with E-state index < -0.39 is 30.3 Å². The van der Waals surface area contributed by atoms with Gasteiger partial charge in [-0.25, -0.2) is 4.79 Å². The first kappa shape index (κ1) is 20.8. The third-order valence-electron chi connectivity index (χ3n) is 3.84. The molecule has 2 aromatic rings. The number of hydrogen-bond donors (Lipinski definition) is 2. The number of carbonyl (C=O) groups excluding carboxylic acids is 2. The topological polar surface area (TPSA) is 111 Å². The maximum atomic E-state index is 12.5. The first-order valence-corrected chi connectivity index (χ1v) is 8.39. The van der Waals surface area contributed by atoms with Gasteiger partial charge in [-0.1, -0.05) is 30.3 Å². The lowest BCUT2D eigenvalue weighted by Gasteiger charge is -2.17. The Morgan fingerprint density at radius 3 is 2.29 bits per heavy atom. The van der Waals surface area contributed by atoms with Gasteiger partial charge in [0.25, 0.3) is 5.91 Å². The van der Waals surface area contributed by atoms with Crippen molar-refractivity contribution in [1.29, 1.82) is 0 Å². The molecule has 0 aliphatic carbocycles. The van der Waals surface area contributed by atoms with Gasteiger partial charge in [-0.3, -0.25) is 9.59 Å². The quantitative estimate of drug-likeness (QED) is 0.633. The van der Waals surface area contributed by atoms with Crippen LogP contribution in [0, 0.1) is 0 Å². The summed E-state index contributed by atoms with van der Waals surface area (Å²) < 4.78 is 15.4. The molecule has 0 radical (unpaired) electrons. The molecule has 8 nitrogen and oxygen atoms in total. The van der Waals surface area contributed by atoms with Crippen LogP contribution in [0.15, 0.2) is 48.5 Å². The first-order chi connectivity index (χ1) is 13.4. The van der Waals surface area contributed by atoms with Crippen molar-refractivity contribution in [3.05, 3.63) is 59.7 Å². The molecule has 0 heterocycles. The maximum absolute atomic E-state index is 12.5. The zero-order chi connectivity index (χ0) is 20.5. The molecule has 1 amide bonds. The smallest absolute Gasteiger partial charge is 0.329 e. The van der Waals surface area contributed by atoms with E-state index in [1.54, 1.807) is 24.3 Å². The van der Waals surface area contributed by atoms with Crippen molar-refractivity contribution in [2.24, 2.45) is 0 Å². The molecular formula is C20H21NO7. The zero-order valence-corrected chi connectivity index (χ0v) is 15.5. The number of esters is 1. The normalized spacial score (nSPS) is 11.2. The summed E-state index contributed by atoms with van der Waals surface area (Å²) in [5, 5.41) is 11.5. The van der Waals surface area contributed by atoms with Crippen LogP contribution in [0.3, 0.4) is 0 Å². The second-order valence-corrected chi connectivity index (χ2v) is 5.79. The van der Waals surface area contributed by atoms with Crippen LogP contribution in [0.4, 0.5) is 0 Å². The zero-order valence-electron chi connectivity index (χ0n) is 15.5. The lowest BCUT2D eigenvalue weighted by atomic mass is 10.1. The van der Waals surface area contributed by atoms with Gasteiger partial charge < -0.3 is 24.6 Å². The van der Waals surface area contributed by atoms with Crippen molar-refractivity contribution in [2.75, 3.05) is 14.2 Å². The van der Waals surface area contributed by atoms with E-state index in [9.17, 15) is 14.4 Å². The van der Waals surface area contributed by atoms with Crippen molar-refractivity contribution in [1.82, 2.24) is 5.32 Å². The molecule has 0 saturated heterocycles. The minimum Gasteiger partial charge on any atom is -0.493 e. The summed E-state index contributed by atoms with van der Waals surface area (Å²) >= 11 is 0. The van der Waals surface area contributed by atoms with E-state index >= 15 is 0 Å². The average Bonchev–Trinajstić information content (AvgIpc) is 2.71. The third kappa shape index (κ3) is 5.73. The fraction of sp³-hybridized carbons (Fsp3) is 0.250. The van der Waals surface area contributed by atoms with Gasteiger partial charge in [-0.05, 0) is 23.8 Å². The molecule has 8 heteroatoms. The molecule has 0 saturated carbocycles. The summed E-state index contributed by atoms with van der Waals surface area (Å²) in [7, 11) is 2.89. The van der Waals surface area contributed by atoms with Gasteiger partial charge in [0.05, 0.1) is 20.6 Å². The fourth-order valence-electron chi connectivity index (χ4n) is 2.42. The Balaban J connectivity index is 2.09. The van der Waals surface area contributed by atoms with Gasteiger partial charge in [0.1, 0.15) is 12.6 Å². The molecule has 0 aliphatic rings. The number of benzene rings is 2. The Bertz CT molecular complexity index is 836. The Kier molecular flexibility index (Phi) is 7.38. The number of carbonyl (C=O) groups is 3. The summed E-state index contributed by atoms with van der Waals surface area (Å²) in [6.07, 6.45) is -0.605. The number of nitrogens with one attached hydrogen (secondary N) is 1. The summed E-state index contributed by atoms with van der Waals surface area (Å²) in [6, 6.07) is 12.0. The minimum atomic E-state index is -1.33. The number of carboxylic acid groups (broad SMARTS) is 1. The monoisotopic (exact) mass is 387 g/mol. The highest BCUT2D eigenvalue weighted by Gasteiger charge is 2.26. The highest BCUT2D eigenvalue weighted by molar-refractivity contribution is 5.98. The van der Waals surface area contributed by atoms with Gasteiger partial charge in [-0.15, -0.1) is 0 Å². The molecule has 0 spiro atoms. The first-order valence-electron chi connectivity index (χ1n) is 8.39. The van der Waals surface area contributed by atoms with Gasteiger partial charge >= 0.3 is 11.9 Å². The van der Waals surface area contributed by atoms with E-state index in [1.807, 2.05) is 6.07 Å². The number of carboxylic acids is 1. The summed E-state index contributed by atoms with van der Waals surface area (Å²) in [5.41, 5.74) is 0.931. The summed E-state index contributed by atoms with van der Waals surface area (Å²) in [4.78, 5) is 35.9. The summed E-state index contributed by atoms with van der Waals surface area (Å²) in [6.45, 7) is -0.0258. The molecule has 2 aromatic carbocycles. The number of ether oxygens (including phenoxy) is 3. The van der Waals surface area contributed by atoms with E-state index in [2.05, 4.69) is 5.32 Å². The van der Waals surface area contributed by atoms with Crippen molar-refractivity contribution < 1.29 is 33.7 Å². The number of rotatable bonds is 9. The lowest BCUT2D eigenvalue weighted by Crippen LogP contribution is -2.43. The third-order valence-corrected chi connectivity index (χ3v) is 3.84. The average molecular weight is 387 g/mol. The molecule has 148 valence electrons. The van der Waals surface area contributed by atoms with Crippen molar-refractivity contribution in [3.8, 4) is 11.5 Å². The van der Waals surface area contributed by atoms with Crippen LogP contribution < -0.4 is 14.8 Å². The predicted octanol–water partition coefficient (Wildman–Crippen LogP) is 2.02. The second kappa shape index (κ2) is 9.96. The predicted molar refractivity (Wildman–Crippen MR) is 99.3 cm³/mol. The fourth-order valence-corrected chi connectivity index (χ4v) is 2.42. The largest absolute Gasteiger partial charge is 0.493 e. The Labute approximate surface area is 162 Å². The number of hydrogen-bond acceptors (Lipinski definition) is 6. The molecule has 0 bridgehead atoms. The van der Waals surface area contributed by atoms with Crippen LogP contribution in [0.1, 0.15) is 22.3 Å². The highest BCUT2D eigenvalue weighted by Crippen LogP contribution is 2.27. The maximum Gasteiger partial charge on any atom is 0.329 e. The molecule has 28 heavy (non-hydrogen) atoms. The molecule has 1 atom stereocenters. The number of methoxy groups -OCH3 is 2. The van der Waals surface area contributed by atoms with E-state index in [0.717, 1.165) is 5.56 Å². The number of amides is 1. The Hall–Kier alpha value is -3.55. The molecular weight excluding hydrogens is 366 g/mol. The minimum absolute atomic E-state index is 0.0258. The van der Waals surface area contributed by atoms with Crippen LogP contribution in [0.5, 0.6) is 11.5 Å². The number of aliphatic carboxylic acids is 1. The standard InChI is InChI=1S/C20H21NO7/c1-26-16-9-8-14(10-17(16)27-2)19(24)21-15(11-18(22)23)20(25)28-12-13-6-4-3-5-7-13/h3-10,15H,11-12H2,1-2H3,(H,21,24)(H,22,23)/t15-/m0/s1. The van der Waals surface area contributed by atoms with Crippen LogP contribution in [-0.4, -0.2) is 43.2 Å². The van der Waals surface area contributed by atoms with Crippen LogP contribution >= 0.6 is 0 Å². The van der Waals surface area contributed by atoms with Gasteiger partial charge in [0, 0.05) is 5.56 Å². The Morgan fingerprint density at radius 2 is 1.68 bits per heavy atom. The summed E-state index contributed by atoms with van der Waals surface area (Å²) in [5.74, 6) is -1.95. The van der Waals surface area contributed by atoms with Gasteiger partial charge in [0.15, 0.2) is 11.5 Å². The molecule has 0 aromatic heterocycles. The van der Waals surface area contributed by atoms with Crippen molar-refractivity contribution in [3.63, 3.8) is 0 Å². The van der Waals surface area contributed by atoms with Crippen molar-refractivity contribution >= 4 is 17.8 Å². The SMILES string of the molecule is COc1ccc(C(=O)N[C@@H](CC(=O)O)C(=O)OCc2ccccc2)cc1OC. The van der Waals surface area contributed by atoms with Gasteiger partial charge in [0.2, 0.25) is 0 Å². The molecule has 0 aliphatic heterocycles. The van der Waals surface area contributed by atoms with Crippen LogP contribution in [0.2, 0.25) is 0 Å². The molecule has 2 rings (SSSR count). The second-order valence-electron chi connectivity index (χ2n) is 5.79. The van der Waals surface area contributed by atoms with Crippen LogP contribution in [0.25, 0.3) is 0 Å². The highest BCUT2D eigenvalue weighted by atomic mass is 16.5. The Morgan fingerprint density at radius 1 is 1.00 bits per heavy atom. The van der Waals surface area contributed by atoms with E-state index in [-0.39, 0.29) is 12.2 Å². The van der Waals surface area contributed by atoms with Crippen molar-refractivity contribution in [2.45, 2.75) is 19.1 Å². The lowest BCUT2D eigenvalue weighted by molar-refractivity contribution is -0.151. The molecule has 2 N–H and O–H groups in total. The van der Waals surface area contributed by atoms with Gasteiger partial charge in [-0.2, -0.15) is 0 Å². The van der Waals surface area contributed by atoms with E-state index in [4.69, 9.17) is 19.3 Å². The molecule has 0 fully saturated rings. The molecule has 0 unspecified atom stereocenters. The van der Waals surface area contributed by atoms with E-state index in [0.29, 0.717) is 11.5 Å².